The zero-order valence-electron chi connectivity index (χ0n) is 9.94. The molecule has 0 fully saturated rings. The lowest BCUT2D eigenvalue weighted by Crippen LogP contribution is -2.39. The van der Waals surface area contributed by atoms with Crippen LogP contribution in [0.3, 0.4) is 0 Å². The molecule has 2 N–H and O–H groups in total. The predicted octanol–water partition coefficient (Wildman–Crippen LogP) is 0.387. The fourth-order valence-electron chi connectivity index (χ4n) is 1.37. The first kappa shape index (κ1) is 12.7. The van der Waals surface area contributed by atoms with Crippen LogP contribution in [0.4, 0.5) is 0 Å². The van der Waals surface area contributed by atoms with Gasteiger partial charge in [0, 0.05) is 31.5 Å². The Hall–Kier alpha value is -1.36. The standard InChI is InChI=1S/C11H20N4O/c1-3-4-13-11(16)7-14-10(2)8-15-6-5-12-9-15/h5-6,9-10,14H,3-4,7-8H2,1-2H3,(H,13,16). The molecular weight excluding hydrogens is 204 g/mol. The maximum atomic E-state index is 11.3. The number of amides is 1. The SMILES string of the molecule is CCCNC(=O)CNC(C)Cn1ccnc1. The maximum absolute atomic E-state index is 11.3. The average Bonchev–Trinajstić information content (AvgIpc) is 2.76. The van der Waals surface area contributed by atoms with Crippen LogP contribution >= 0.6 is 0 Å². The molecule has 1 heterocycles. The number of hydrogen-bond acceptors (Lipinski definition) is 3. The molecule has 0 spiro atoms. The molecule has 1 atom stereocenters. The Balaban J connectivity index is 2.15. The maximum Gasteiger partial charge on any atom is 0.233 e. The van der Waals surface area contributed by atoms with Crippen molar-refractivity contribution in [2.24, 2.45) is 0 Å². The Labute approximate surface area is 96.3 Å². The lowest BCUT2D eigenvalue weighted by molar-refractivity contribution is -0.120. The third-order valence-electron chi connectivity index (χ3n) is 2.23. The highest BCUT2D eigenvalue weighted by molar-refractivity contribution is 5.77. The summed E-state index contributed by atoms with van der Waals surface area (Å²) >= 11 is 0. The summed E-state index contributed by atoms with van der Waals surface area (Å²) < 4.78 is 1.99. The van der Waals surface area contributed by atoms with Crippen LogP contribution in [-0.2, 0) is 11.3 Å². The lowest BCUT2D eigenvalue weighted by atomic mass is 10.3. The van der Waals surface area contributed by atoms with Gasteiger partial charge in [0.25, 0.3) is 0 Å². The molecule has 1 unspecified atom stereocenters. The van der Waals surface area contributed by atoms with E-state index in [1.54, 1.807) is 12.5 Å². The molecular formula is C11H20N4O. The minimum Gasteiger partial charge on any atom is -0.355 e. The van der Waals surface area contributed by atoms with Crippen LogP contribution in [0.2, 0.25) is 0 Å². The summed E-state index contributed by atoms with van der Waals surface area (Å²) in [7, 11) is 0. The van der Waals surface area contributed by atoms with Gasteiger partial charge in [-0.2, -0.15) is 0 Å². The van der Waals surface area contributed by atoms with Crippen LogP contribution in [0.15, 0.2) is 18.7 Å². The minimum atomic E-state index is 0.0549. The molecule has 0 aliphatic carbocycles. The normalized spacial score (nSPS) is 12.4. The van der Waals surface area contributed by atoms with Gasteiger partial charge in [-0.05, 0) is 13.3 Å². The number of hydrogen-bond donors (Lipinski definition) is 2. The van der Waals surface area contributed by atoms with Gasteiger partial charge >= 0.3 is 0 Å². The van der Waals surface area contributed by atoms with Crippen molar-refractivity contribution in [3.8, 4) is 0 Å². The smallest absolute Gasteiger partial charge is 0.233 e. The van der Waals surface area contributed by atoms with Gasteiger partial charge in [-0.3, -0.25) is 4.79 Å². The molecule has 0 aromatic carbocycles. The van der Waals surface area contributed by atoms with Crippen molar-refractivity contribution >= 4 is 5.91 Å². The summed E-state index contributed by atoms with van der Waals surface area (Å²) in [6, 6.07) is 0.251. The summed E-state index contributed by atoms with van der Waals surface area (Å²) in [6.45, 7) is 6.02. The van der Waals surface area contributed by atoms with E-state index in [2.05, 4.69) is 15.6 Å². The molecule has 1 rings (SSSR count). The van der Waals surface area contributed by atoms with Crippen LogP contribution < -0.4 is 10.6 Å². The number of carbonyl (C=O) groups excluding carboxylic acids is 1. The van der Waals surface area contributed by atoms with E-state index >= 15 is 0 Å². The molecule has 0 aliphatic heterocycles. The van der Waals surface area contributed by atoms with E-state index in [0.29, 0.717) is 6.54 Å². The van der Waals surface area contributed by atoms with Gasteiger partial charge in [0.15, 0.2) is 0 Å². The quantitative estimate of drug-likeness (QED) is 0.704. The molecule has 1 aromatic heterocycles. The Morgan fingerprint density at radius 2 is 2.38 bits per heavy atom. The van der Waals surface area contributed by atoms with Gasteiger partial charge < -0.3 is 15.2 Å². The third-order valence-corrected chi connectivity index (χ3v) is 2.23. The van der Waals surface area contributed by atoms with E-state index in [0.717, 1.165) is 19.5 Å². The van der Waals surface area contributed by atoms with Gasteiger partial charge in [-0.25, -0.2) is 4.98 Å². The van der Waals surface area contributed by atoms with Crippen LogP contribution in [0.25, 0.3) is 0 Å². The van der Waals surface area contributed by atoms with Crippen molar-refractivity contribution in [3.05, 3.63) is 18.7 Å². The largest absolute Gasteiger partial charge is 0.355 e. The van der Waals surface area contributed by atoms with Crippen LogP contribution in [0, 0.1) is 0 Å². The minimum absolute atomic E-state index is 0.0549. The van der Waals surface area contributed by atoms with Crippen molar-refractivity contribution in [1.82, 2.24) is 20.2 Å². The Kier molecular flexibility index (Phi) is 5.56. The summed E-state index contributed by atoms with van der Waals surface area (Å²) in [6.07, 6.45) is 6.40. The van der Waals surface area contributed by atoms with E-state index in [1.807, 2.05) is 24.6 Å². The molecule has 5 heteroatoms. The Morgan fingerprint density at radius 3 is 3.00 bits per heavy atom. The highest BCUT2D eigenvalue weighted by atomic mass is 16.1. The van der Waals surface area contributed by atoms with Crippen molar-refractivity contribution in [2.45, 2.75) is 32.9 Å². The molecule has 16 heavy (non-hydrogen) atoms. The molecule has 0 saturated heterocycles. The number of aromatic nitrogens is 2. The highest BCUT2D eigenvalue weighted by Gasteiger charge is 2.05. The second-order valence-corrected chi connectivity index (χ2v) is 3.89. The Morgan fingerprint density at radius 1 is 1.56 bits per heavy atom. The fourth-order valence-corrected chi connectivity index (χ4v) is 1.37. The van der Waals surface area contributed by atoms with Crippen LogP contribution in [0.5, 0.6) is 0 Å². The topological polar surface area (TPSA) is 59.0 Å². The summed E-state index contributed by atoms with van der Waals surface area (Å²) in [4.78, 5) is 15.3. The van der Waals surface area contributed by atoms with Crippen molar-refractivity contribution in [2.75, 3.05) is 13.1 Å². The Bertz CT molecular complexity index is 297. The van der Waals surface area contributed by atoms with Gasteiger partial charge in [0.2, 0.25) is 5.91 Å². The number of rotatable bonds is 7. The first-order chi connectivity index (χ1) is 7.72. The highest BCUT2D eigenvalue weighted by Crippen LogP contribution is 1.90. The molecule has 1 amide bonds. The van der Waals surface area contributed by atoms with Gasteiger partial charge in [-0.1, -0.05) is 6.92 Å². The average molecular weight is 224 g/mol. The molecule has 5 nitrogen and oxygen atoms in total. The summed E-state index contributed by atoms with van der Waals surface area (Å²) in [5.41, 5.74) is 0. The van der Waals surface area contributed by atoms with E-state index < -0.39 is 0 Å². The van der Waals surface area contributed by atoms with E-state index in [1.165, 1.54) is 0 Å². The van der Waals surface area contributed by atoms with E-state index in [9.17, 15) is 4.79 Å². The first-order valence-electron chi connectivity index (χ1n) is 5.68. The second kappa shape index (κ2) is 7.00. The number of nitrogens with one attached hydrogen (secondary N) is 2. The molecule has 0 bridgehead atoms. The molecule has 0 radical (unpaired) electrons. The van der Waals surface area contributed by atoms with E-state index in [4.69, 9.17) is 0 Å². The van der Waals surface area contributed by atoms with Crippen molar-refractivity contribution in [3.63, 3.8) is 0 Å². The summed E-state index contributed by atoms with van der Waals surface area (Å²) in [5.74, 6) is 0.0549. The summed E-state index contributed by atoms with van der Waals surface area (Å²) in [5, 5.41) is 5.99. The molecule has 0 aliphatic rings. The monoisotopic (exact) mass is 224 g/mol. The number of nitrogens with zero attached hydrogens (tertiary/aromatic N) is 2. The van der Waals surface area contributed by atoms with Gasteiger partial charge in [0.05, 0.1) is 12.9 Å². The molecule has 90 valence electrons. The van der Waals surface area contributed by atoms with Crippen LogP contribution in [-0.4, -0.2) is 34.6 Å². The van der Waals surface area contributed by atoms with Gasteiger partial charge in [0.1, 0.15) is 0 Å². The van der Waals surface area contributed by atoms with Crippen molar-refractivity contribution in [1.29, 1.82) is 0 Å². The zero-order chi connectivity index (χ0) is 11.8. The zero-order valence-corrected chi connectivity index (χ0v) is 9.94. The number of imidazole rings is 1. The van der Waals surface area contributed by atoms with Crippen molar-refractivity contribution < 1.29 is 4.79 Å². The lowest BCUT2D eigenvalue weighted by Gasteiger charge is -2.13. The first-order valence-corrected chi connectivity index (χ1v) is 5.68. The van der Waals surface area contributed by atoms with E-state index in [-0.39, 0.29) is 11.9 Å². The molecule has 0 saturated carbocycles. The number of carbonyl (C=O) groups is 1. The van der Waals surface area contributed by atoms with Gasteiger partial charge in [-0.15, -0.1) is 0 Å². The van der Waals surface area contributed by atoms with Crippen LogP contribution in [0.1, 0.15) is 20.3 Å². The fraction of sp³-hybridized carbons (Fsp3) is 0.636. The third kappa shape index (κ3) is 4.93. The predicted molar refractivity (Wildman–Crippen MR) is 63.0 cm³/mol. The molecule has 1 aromatic rings. The second-order valence-electron chi connectivity index (χ2n) is 3.89.